The van der Waals surface area contributed by atoms with Gasteiger partial charge in [0.2, 0.25) is 0 Å². The molecule has 1 N–H and O–H groups in total. The Kier molecular flexibility index (Phi) is 3.69. The topological polar surface area (TPSA) is 42.7 Å². The number of nitrogens with zero attached hydrogens (tertiary/aromatic N) is 3. The molecule has 2 aromatic rings. The summed E-state index contributed by atoms with van der Waals surface area (Å²) in [4.78, 5) is 5.57. The molecule has 0 aliphatic rings. The molecule has 0 saturated heterocycles. The van der Waals surface area contributed by atoms with Crippen molar-refractivity contribution in [3.63, 3.8) is 0 Å². The molecule has 0 aliphatic heterocycles. The smallest absolute Gasteiger partial charge is 0.107 e. The molecule has 86 valence electrons. The quantitative estimate of drug-likeness (QED) is 0.863. The van der Waals surface area contributed by atoms with E-state index in [0.717, 1.165) is 24.6 Å². The van der Waals surface area contributed by atoms with Crippen molar-refractivity contribution >= 4 is 11.3 Å². The van der Waals surface area contributed by atoms with Crippen LogP contribution < -0.4 is 5.32 Å². The minimum absolute atomic E-state index is 0.827. The summed E-state index contributed by atoms with van der Waals surface area (Å²) in [6, 6.07) is 2.05. The van der Waals surface area contributed by atoms with E-state index in [4.69, 9.17) is 0 Å². The molecule has 0 radical (unpaired) electrons. The Hall–Kier alpha value is -1.20. The van der Waals surface area contributed by atoms with Crippen LogP contribution in [-0.2, 0) is 19.6 Å². The summed E-state index contributed by atoms with van der Waals surface area (Å²) in [7, 11) is 0. The van der Waals surface area contributed by atoms with Gasteiger partial charge in [0.25, 0.3) is 0 Å². The highest BCUT2D eigenvalue weighted by atomic mass is 32.1. The third-order valence-electron chi connectivity index (χ3n) is 2.36. The van der Waals surface area contributed by atoms with Crippen molar-refractivity contribution in [2.24, 2.45) is 0 Å². The Labute approximate surface area is 99.3 Å². The van der Waals surface area contributed by atoms with E-state index < -0.39 is 0 Å². The molecule has 4 nitrogen and oxygen atoms in total. The lowest BCUT2D eigenvalue weighted by atomic mass is 10.4. The zero-order valence-electron chi connectivity index (χ0n) is 9.60. The van der Waals surface area contributed by atoms with Gasteiger partial charge in [-0.1, -0.05) is 0 Å². The number of aromatic nitrogens is 3. The Bertz CT molecular complexity index is 446. The van der Waals surface area contributed by atoms with Crippen LogP contribution >= 0.6 is 11.3 Å². The van der Waals surface area contributed by atoms with Crippen molar-refractivity contribution in [1.29, 1.82) is 0 Å². The lowest BCUT2D eigenvalue weighted by Crippen LogP contribution is -2.15. The fourth-order valence-corrected chi connectivity index (χ4v) is 2.33. The molecule has 0 aliphatic carbocycles. The third-order valence-corrected chi connectivity index (χ3v) is 3.27. The van der Waals surface area contributed by atoms with E-state index in [1.165, 1.54) is 10.6 Å². The van der Waals surface area contributed by atoms with E-state index in [2.05, 4.69) is 29.2 Å². The summed E-state index contributed by atoms with van der Waals surface area (Å²) in [5.41, 5.74) is 1.22. The predicted octanol–water partition coefficient (Wildman–Crippen LogP) is 1.96. The SMILES string of the molecule is CCn1nccc1CNCc1ncc(C)s1. The molecule has 0 unspecified atom stereocenters. The van der Waals surface area contributed by atoms with Gasteiger partial charge in [-0.2, -0.15) is 5.10 Å². The van der Waals surface area contributed by atoms with Gasteiger partial charge in [0.05, 0.1) is 5.69 Å². The van der Waals surface area contributed by atoms with Crippen LogP contribution in [0.4, 0.5) is 0 Å². The van der Waals surface area contributed by atoms with Crippen LogP contribution in [0, 0.1) is 6.92 Å². The van der Waals surface area contributed by atoms with Gasteiger partial charge in [-0.15, -0.1) is 11.3 Å². The number of rotatable bonds is 5. The molecule has 0 amide bonds. The summed E-state index contributed by atoms with van der Waals surface area (Å²) in [6.45, 7) is 6.76. The van der Waals surface area contributed by atoms with Crippen molar-refractivity contribution in [1.82, 2.24) is 20.1 Å². The maximum Gasteiger partial charge on any atom is 0.107 e. The second-order valence-electron chi connectivity index (χ2n) is 3.61. The number of hydrogen-bond donors (Lipinski definition) is 1. The van der Waals surface area contributed by atoms with Crippen LogP contribution in [-0.4, -0.2) is 14.8 Å². The van der Waals surface area contributed by atoms with Crippen LogP contribution in [0.3, 0.4) is 0 Å². The van der Waals surface area contributed by atoms with Gasteiger partial charge in [-0.3, -0.25) is 4.68 Å². The van der Waals surface area contributed by atoms with Crippen LogP contribution in [0.15, 0.2) is 18.5 Å². The average Bonchev–Trinajstić information content (AvgIpc) is 2.87. The first-order valence-electron chi connectivity index (χ1n) is 5.42. The highest BCUT2D eigenvalue weighted by Crippen LogP contribution is 2.10. The van der Waals surface area contributed by atoms with E-state index in [1.807, 2.05) is 23.1 Å². The van der Waals surface area contributed by atoms with Gasteiger partial charge < -0.3 is 5.32 Å². The fraction of sp³-hybridized carbons (Fsp3) is 0.455. The predicted molar refractivity (Wildman–Crippen MR) is 65.3 cm³/mol. The van der Waals surface area contributed by atoms with Crippen LogP contribution in [0.5, 0.6) is 0 Å². The molecule has 0 atom stereocenters. The summed E-state index contributed by atoms with van der Waals surface area (Å²) in [5, 5.41) is 8.75. The van der Waals surface area contributed by atoms with E-state index in [9.17, 15) is 0 Å². The van der Waals surface area contributed by atoms with Crippen molar-refractivity contribution in [2.45, 2.75) is 33.5 Å². The minimum Gasteiger partial charge on any atom is -0.305 e. The summed E-state index contributed by atoms with van der Waals surface area (Å²) in [5.74, 6) is 0. The molecule has 0 aromatic carbocycles. The molecule has 2 aromatic heterocycles. The first-order chi connectivity index (χ1) is 7.79. The first-order valence-corrected chi connectivity index (χ1v) is 6.24. The molecule has 0 fully saturated rings. The van der Waals surface area contributed by atoms with E-state index in [1.54, 1.807) is 11.3 Å². The lowest BCUT2D eigenvalue weighted by molar-refractivity contribution is 0.581. The Morgan fingerprint density at radius 3 is 3.00 bits per heavy atom. The number of nitrogens with one attached hydrogen (secondary N) is 1. The van der Waals surface area contributed by atoms with Crippen LogP contribution in [0.25, 0.3) is 0 Å². The van der Waals surface area contributed by atoms with Gasteiger partial charge in [-0.05, 0) is 19.9 Å². The van der Waals surface area contributed by atoms with E-state index in [-0.39, 0.29) is 0 Å². The maximum absolute atomic E-state index is 4.31. The molecule has 5 heteroatoms. The van der Waals surface area contributed by atoms with E-state index >= 15 is 0 Å². The fourth-order valence-electron chi connectivity index (χ4n) is 1.58. The second kappa shape index (κ2) is 5.23. The average molecular weight is 236 g/mol. The number of hydrogen-bond acceptors (Lipinski definition) is 4. The summed E-state index contributed by atoms with van der Waals surface area (Å²) >= 11 is 1.74. The molecule has 0 saturated carbocycles. The van der Waals surface area contributed by atoms with Crippen LogP contribution in [0.1, 0.15) is 22.5 Å². The normalized spacial score (nSPS) is 10.9. The van der Waals surface area contributed by atoms with Crippen molar-refractivity contribution < 1.29 is 0 Å². The molecule has 0 bridgehead atoms. The van der Waals surface area contributed by atoms with Crippen molar-refractivity contribution in [2.75, 3.05) is 0 Å². The zero-order chi connectivity index (χ0) is 11.4. The standard InChI is InChI=1S/C11H16N4S/c1-3-15-10(4-5-14-15)7-12-8-11-13-6-9(2)16-11/h4-6,12H,3,7-8H2,1-2H3. The monoisotopic (exact) mass is 236 g/mol. The Morgan fingerprint density at radius 2 is 2.31 bits per heavy atom. The highest BCUT2D eigenvalue weighted by Gasteiger charge is 2.01. The lowest BCUT2D eigenvalue weighted by Gasteiger charge is -2.05. The maximum atomic E-state index is 4.31. The highest BCUT2D eigenvalue weighted by molar-refractivity contribution is 7.11. The summed E-state index contributed by atoms with van der Waals surface area (Å²) < 4.78 is 2.00. The second-order valence-corrected chi connectivity index (χ2v) is 4.93. The first kappa shape index (κ1) is 11.3. The van der Waals surface area contributed by atoms with Gasteiger partial charge >= 0.3 is 0 Å². The molecule has 2 rings (SSSR count). The molecule has 0 spiro atoms. The number of aryl methyl sites for hydroxylation is 2. The van der Waals surface area contributed by atoms with E-state index in [0.29, 0.717) is 0 Å². The number of thiazole rings is 1. The Morgan fingerprint density at radius 1 is 1.44 bits per heavy atom. The van der Waals surface area contributed by atoms with Gasteiger partial charge in [0.1, 0.15) is 5.01 Å². The largest absolute Gasteiger partial charge is 0.305 e. The molecule has 16 heavy (non-hydrogen) atoms. The van der Waals surface area contributed by atoms with Gasteiger partial charge in [-0.25, -0.2) is 4.98 Å². The molecular formula is C11H16N4S. The zero-order valence-corrected chi connectivity index (χ0v) is 10.4. The third kappa shape index (κ3) is 2.68. The van der Waals surface area contributed by atoms with Gasteiger partial charge in [0.15, 0.2) is 0 Å². The minimum atomic E-state index is 0.827. The summed E-state index contributed by atoms with van der Waals surface area (Å²) in [6.07, 6.45) is 3.76. The van der Waals surface area contributed by atoms with Crippen LogP contribution in [0.2, 0.25) is 0 Å². The van der Waals surface area contributed by atoms with Crippen molar-refractivity contribution in [3.8, 4) is 0 Å². The molecule has 2 heterocycles. The van der Waals surface area contributed by atoms with Gasteiger partial charge in [0, 0.05) is 36.9 Å². The Balaban J connectivity index is 1.84. The molecular weight excluding hydrogens is 220 g/mol. The van der Waals surface area contributed by atoms with Crippen molar-refractivity contribution in [3.05, 3.63) is 34.0 Å².